The van der Waals surface area contributed by atoms with E-state index in [1.165, 1.54) is 0 Å². The molecule has 0 aliphatic carbocycles. The number of rotatable bonds is 8. The second-order valence-electron chi connectivity index (χ2n) is 11.0. The van der Waals surface area contributed by atoms with Crippen molar-refractivity contribution in [1.29, 1.82) is 0 Å². The number of carbonyl (C=O) groups is 2. The van der Waals surface area contributed by atoms with Crippen LogP contribution in [0.1, 0.15) is 60.2 Å². The normalized spacial score (nSPS) is 20.9. The summed E-state index contributed by atoms with van der Waals surface area (Å²) in [6.45, 7) is 5.27. The van der Waals surface area contributed by atoms with Crippen LogP contribution in [-0.2, 0) is 15.1 Å². The number of likely N-dealkylation sites (tertiary alicyclic amines) is 1. The van der Waals surface area contributed by atoms with Crippen LogP contribution < -0.4 is 5.32 Å². The molecular weight excluding hydrogens is 557 g/mol. The summed E-state index contributed by atoms with van der Waals surface area (Å²) in [5.74, 6) is 0.0148. The van der Waals surface area contributed by atoms with E-state index >= 15 is 0 Å². The van der Waals surface area contributed by atoms with Gasteiger partial charge in [0.1, 0.15) is 6.10 Å². The van der Waals surface area contributed by atoms with Gasteiger partial charge in [-0.25, -0.2) is 0 Å². The molecule has 2 heterocycles. The molecule has 8 heteroatoms. The van der Waals surface area contributed by atoms with E-state index in [0.29, 0.717) is 28.8 Å². The molecule has 0 radical (unpaired) electrons. The number of benzene rings is 3. The van der Waals surface area contributed by atoms with Gasteiger partial charge >= 0.3 is 0 Å². The smallest absolute Gasteiger partial charge is 0.254 e. The predicted molar refractivity (Wildman–Crippen MR) is 163 cm³/mol. The molecule has 0 aromatic heterocycles. The quantitative estimate of drug-likeness (QED) is 0.324. The van der Waals surface area contributed by atoms with Crippen LogP contribution in [0.5, 0.6) is 0 Å². The standard InChI is InChI=1S/C33H37Cl2N3O3/c1-24(39)36-33(27-11-6-3-7-12-27)16-19-37(20-17-33)18-8-13-30-31(26-14-15-28(34)29(35)23-26)41-22-21-38(30)32(40)25-9-4-2-5-10-25/h2-7,9-12,14-15,23,30-31H,8,13,16-22H2,1H3,(H,36,39). The lowest BCUT2D eigenvalue weighted by atomic mass is 9.80. The highest BCUT2D eigenvalue weighted by Gasteiger charge is 2.38. The van der Waals surface area contributed by atoms with Crippen molar-refractivity contribution in [3.8, 4) is 0 Å². The van der Waals surface area contributed by atoms with E-state index in [0.717, 1.165) is 56.4 Å². The first-order valence-electron chi connectivity index (χ1n) is 14.4. The molecule has 2 unspecified atom stereocenters. The third-order valence-electron chi connectivity index (χ3n) is 8.36. The second kappa shape index (κ2) is 13.4. The van der Waals surface area contributed by atoms with E-state index in [1.807, 2.05) is 65.6 Å². The third kappa shape index (κ3) is 6.95. The van der Waals surface area contributed by atoms with Gasteiger partial charge in [-0.2, -0.15) is 0 Å². The number of nitrogens with one attached hydrogen (secondary N) is 1. The summed E-state index contributed by atoms with van der Waals surface area (Å²) >= 11 is 12.6. The van der Waals surface area contributed by atoms with Crippen molar-refractivity contribution in [2.24, 2.45) is 0 Å². The molecule has 5 rings (SSSR count). The van der Waals surface area contributed by atoms with E-state index < -0.39 is 0 Å². The molecule has 2 aliphatic rings. The molecule has 2 atom stereocenters. The van der Waals surface area contributed by atoms with Gasteiger partial charge in [0.05, 0.1) is 28.2 Å². The molecule has 2 amide bonds. The van der Waals surface area contributed by atoms with Crippen molar-refractivity contribution in [3.63, 3.8) is 0 Å². The highest BCUT2D eigenvalue weighted by Crippen LogP contribution is 2.36. The first-order chi connectivity index (χ1) is 19.9. The van der Waals surface area contributed by atoms with Crippen LogP contribution in [-0.4, -0.2) is 60.4 Å². The third-order valence-corrected chi connectivity index (χ3v) is 9.10. The number of morpholine rings is 1. The number of hydrogen-bond acceptors (Lipinski definition) is 4. The molecule has 0 spiro atoms. The Morgan fingerprint density at radius 1 is 0.927 bits per heavy atom. The minimum atomic E-state index is -0.335. The first kappa shape index (κ1) is 29.6. The van der Waals surface area contributed by atoms with Crippen LogP contribution in [0.2, 0.25) is 10.0 Å². The molecule has 41 heavy (non-hydrogen) atoms. The van der Waals surface area contributed by atoms with Gasteiger partial charge in [0.25, 0.3) is 5.91 Å². The summed E-state index contributed by atoms with van der Waals surface area (Å²) in [6.07, 6.45) is 3.11. The second-order valence-corrected chi connectivity index (χ2v) is 11.8. The van der Waals surface area contributed by atoms with Gasteiger partial charge < -0.3 is 19.9 Å². The Morgan fingerprint density at radius 2 is 1.61 bits per heavy atom. The minimum Gasteiger partial charge on any atom is -0.370 e. The summed E-state index contributed by atoms with van der Waals surface area (Å²) in [4.78, 5) is 30.2. The largest absolute Gasteiger partial charge is 0.370 e. The maximum absolute atomic E-state index is 13.6. The average molecular weight is 595 g/mol. The Morgan fingerprint density at radius 3 is 2.27 bits per heavy atom. The van der Waals surface area contributed by atoms with E-state index in [2.05, 4.69) is 22.3 Å². The Kier molecular flexibility index (Phi) is 9.66. The summed E-state index contributed by atoms with van der Waals surface area (Å²) in [6, 6.07) is 25.2. The van der Waals surface area contributed by atoms with Crippen LogP contribution in [0.25, 0.3) is 0 Å². The topological polar surface area (TPSA) is 61.9 Å². The van der Waals surface area contributed by atoms with Gasteiger partial charge in [0.15, 0.2) is 0 Å². The molecule has 2 saturated heterocycles. The van der Waals surface area contributed by atoms with Gasteiger partial charge in [-0.15, -0.1) is 0 Å². The van der Waals surface area contributed by atoms with E-state index in [1.54, 1.807) is 13.0 Å². The molecule has 3 aromatic rings. The predicted octanol–water partition coefficient (Wildman–Crippen LogP) is 6.48. The van der Waals surface area contributed by atoms with E-state index in [9.17, 15) is 9.59 Å². The summed E-state index contributed by atoms with van der Waals surface area (Å²) in [5.41, 5.74) is 2.43. The number of nitrogens with zero attached hydrogens (tertiary/aromatic N) is 2. The van der Waals surface area contributed by atoms with E-state index in [-0.39, 0.29) is 29.5 Å². The van der Waals surface area contributed by atoms with Crippen molar-refractivity contribution in [2.75, 3.05) is 32.8 Å². The summed E-state index contributed by atoms with van der Waals surface area (Å²) in [7, 11) is 0. The fourth-order valence-corrected chi connectivity index (χ4v) is 6.60. The maximum Gasteiger partial charge on any atom is 0.254 e. The highest BCUT2D eigenvalue weighted by molar-refractivity contribution is 6.42. The SMILES string of the molecule is CC(=O)NC1(c2ccccc2)CCN(CCCC2C(c3ccc(Cl)c(Cl)c3)OCCN2C(=O)c2ccccc2)CC1. The zero-order chi connectivity index (χ0) is 28.8. The lowest BCUT2D eigenvalue weighted by Crippen LogP contribution is -2.53. The number of halogens is 2. The lowest BCUT2D eigenvalue weighted by Gasteiger charge is -2.44. The van der Waals surface area contributed by atoms with Crippen molar-refractivity contribution in [3.05, 3.63) is 106 Å². The molecule has 0 saturated carbocycles. The van der Waals surface area contributed by atoms with Crippen molar-refractivity contribution < 1.29 is 14.3 Å². The van der Waals surface area contributed by atoms with Crippen LogP contribution in [0.3, 0.4) is 0 Å². The summed E-state index contributed by atoms with van der Waals surface area (Å²) in [5, 5.41) is 4.23. The lowest BCUT2D eigenvalue weighted by molar-refractivity contribution is -0.121. The maximum atomic E-state index is 13.6. The molecule has 1 N–H and O–H groups in total. The number of piperidine rings is 1. The molecular formula is C33H37Cl2N3O3. The van der Waals surface area contributed by atoms with Gasteiger partial charge in [-0.05, 0) is 67.6 Å². The van der Waals surface area contributed by atoms with Crippen LogP contribution >= 0.6 is 23.2 Å². The molecule has 3 aromatic carbocycles. The molecule has 216 valence electrons. The van der Waals surface area contributed by atoms with Gasteiger partial charge in [0.2, 0.25) is 5.91 Å². The Hall–Kier alpha value is -2.90. The Labute approximate surface area is 252 Å². The number of hydrogen-bond donors (Lipinski definition) is 1. The fraction of sp³-hybridized carbons (Fsp3) is 0.394. The highest BCUT2D eigenvalue weighted by atomic mass is 35.5. The van der Waals surface area contributed by atoms with Crippen molar-refractivity contribution >= 4 is 35.0 Å². The Balaban J connectivity index is 1.28. The van der Waals surface area contributed by atoms with Gasteiger partial charge in [-0.3, -0.25) is 9.59 Å². The molecule has 2 aliphatic heterocycles. The minimum absolute atomic E-state index is 0.00359. The zero-order valence-corrected chi connectivity index (χ0v) is 24.9. The molecule has 2 fully saturated rings. The Bertz CT molecular complexity index is 1330. The van der Waals surface area contributed by atoms with E-state index in [4.69, 9.17) is 27.9 Å². The summed E-state index contributed by atoms with van der Waals surface area (Å²) < 4.78 is 6.29. The van der Waals surface area contributed by atoms with Crippen molar-refractivity contribution in [1.82, 2.24) is 15.1 Å². The number of carbonyl (C=O) groups excluding carboxylic acids is 2. The first-order valence-corrected chi connectivity index (χ1v) is 15.1. The number of amides is 2. The monoisotopic (exact) mass is 593 g/mol. The van der Waals surface area contributed by atoms with Crippen LogP contribution in [0, 0.1) is 0 Å². The average Bonchev–Trinajstić information content (AvgIpc) is 3.00. The van der Waals surface area contributed by atoms with Crippen molar-refractivity contribution in [2.45, 2.75) is 50.3 Å². The van der Waals surface area contributed by atoms with Crippen LogP contribution in [0.15, 0.2) is 78.9 Å². The van der Waals surface area contributed by atoms with Gasteiger partial charge in [-0.1, -0.05) is 77.8 Å². The molecule has 6 nitrogen and oxygen atoms in total. The zero-order valence-electron chi connectivity index (χ0n) is 23.4. The van der Waals surface area contributed by atoms with Gasteiger partial charge in [0, 0.05) is 32.1 Å². The fourth-order valence-electron chi connectivity index (χ4n) is 6.29. The molecule has 0 bridgehead atoms. The number of ether oxygens (including phenoxy) is 1. The van der Waals surface area contributed by atoms with Crippen LogP contribution in [0.4, 0.5) is 0 Å².